The SMILES string of the molecule is O=C(NCc1ccccc1OC(F)(F)F)c1ccc2c(=O)n(-c3ccccc3)c(=S)[nH]c2c1. The molecule has 168 valence electrons. The Kier molecular flexibility index (Phi) is 6.01. The second-order valence-corrected chi connectivity index (χ2v) is 7.39. The molecule has 33 heavy (non-hydrogen) atoms. The fourth-order valence-electron chi connectivity index (χ4n) is 3.32. The minimum atomic E-state index is -4.84. The molecule has 0 saturated heterocycles. The average Bonchev–Trinajstić information content (AvgIpc) is 2.77. The van der Waals surface area contributed by atoms with Crippen molar-refractivity contribution in [2.45, 2.75) is 12.9 Å². The van der Waals surface area contributed by atoms with Gasteiger partial charge in [0.1, 0.15) is 5.75 Å². The van der Waals surface area contributed by atoms with Crippen LogP contribution in [0.4, 0.5) is 13.2 Å². The van der Waals surface area contributed by atoms with E-state index in [1.165, 1.54) is 41.0 Å². The number of aromatic nitrogens is 2. The van der Waals surface area contributed by atoms with E-state index < -0.39 is 18.0 Å². The summed E-state index contributed by atoms with van der Waals surface area (Å²) in [6, 6.07) is 18.8. The first-order valence-electron chi connectivity index (χ1n) is 9.69. The molecule has 4 rings (SSSR count). The first-order chi connectivity index (χ1) is 15.7. The Morgan fingerprint density at radius 2 is 1.73 bits per heavy atom. The number of alkyl halides is 3. The van der Waals surface area contributed by atoms with Gasteiger partial charge >= 0.3 is 6.36 Å². The number of para-hydroxylation sites is 2. The first-order valence-corrected chi connectivity index (χ1v) is 10.1. The molecule has 0 aliphatic rings. The summed E-state index contributed by atoms with van der Waals surface area (Å²) in [4.78, 5) is 28.5. The number of hydrogen-bond donors (Lipinski definition) is 2. The topological polar surface area (TPSA) is 76.1 Å². The van der Waals surface area contributed by atoms with Gasteiger partial charge in [-0.2, -0.15) is 0 Å². The molecule has 0 fully saturated rings. The molecule has 0 spiro atoms. The Balaban J connectivity index is 1.59. The smallest absolute Gasteiger partial charge is 0.405 e. The van der Waals surface area contributed by atoms with Gasteiger partial charge in [-0.15, -0.1) is 13.2 Å². The molecule has 0 aliphatic carbocycles. The molecule has 0 atom stereocenters. The maximum Gasteiger partial charge on any atom is 0.573 e. The number of halogens is 3. The molecule has 3 aromatic carbocycles. The van der Waals surface area contributed by atoms with Crippen LogP contribution in [0.15, 0.2) is 77.6 Å². The van der Waals surface area contributed by atoms with Gasteiger partial charge in [0.25, 0.3) is 11.5 Å². The van der Waals surface area contributed by atoms with Crippen molar-refractivity contribution in [1.82, 2.24) is 14.9 Å². The van der Waals surface area contributed by atoms with Gasteiger partial charge in [-0.05, 0) is 48.6 Å². The molecule has 2 N–H and O–H groups in total. The summed E-state index contributed by atoms with van der Waals surface area (Å²) in [6.45, 7) is -0.186. The summed E-state index contributed by atoms with van der Waals surface area (Å²) in [5.41, 5.74) is 0.997. The van der Waals surface area contributed by atoms with Gasteiger partial charge in [0, 0.05) is 17.7 Å². The third kappa shape index (κ3) is 4.96. The Hall–Kier alpha value is -3.92. The fourth-order valence-corrected chi connectivity index (χ4v) is 3.62. The van der Waals surface area contributed by atoms with Crippen molar-refractivity contribution in [2.75, 3.05) is 0 Å². The lowest BCUT2D eigenvalue weighted by atomic mass is 10.1. The molecular formula is C23H16F3N3O3S. The zero-order valence-electron chi connectivity index (χ0n) is 16.8. The highest BCUT2D eigenvalue weighted by atomic mass is 32.1. The minimum Gasteiger partial charge on any atom is -0.405 e. The number of nitrogens with one attached hydrogen (secondary N) is 2. The monoisotopic (exact) mass is 471 g/mol. The molecule has 1 amide bonds. The van der Waals surface area contributed by atoms with E-state index in [1.54, 1.807) is 30.3 Å². The van der Waals surface area contributed by atoms with Crippen LogP contribution in [0.25, 0.3) is 16.6 Å². The molecule has 10 heteroatoms. The lowest BCUT2D eigenvalue weighted by Crippen LogP contribution is -2.25. The number of aromatic amines is 1. The van der Waals surface area contributed by atoms with Gasteiger partial charge in [-0.3, -0.25) is 14.2 Å². The van der Waals surface area contributed by atoms with E-state index in [4.69, 9.17) is 12.2 Å². The molecule has 1 aromatic heterocycles. The van der Waals surface area contributed by atoms with Crippen molar-refractivity contribution in [1.29, 1.82) is 0 Å². The molecular weight excluding hydrogens is 455 g/mol. The maximum absolute atomic E-state index is 13.0. The summed E-state index contributed by atoms with van der Waals surface area (Å²) >= 11 is 5.33. The van der Waals surface area contributed by atoms with Gasteiger partial charge in [0.05, 0.1) is 16.6 Å². The van der Waals surface area contributed by atoms with Gasteiger partial charge in [-0.25, -0.2) is 0 Å². The largest absolute Gasteiger partial charge is 0.573 e. The van der Waals surface area contributed by atoms with Crippen LogP contribution in [0.5, 0.6) is 5.75 Å². The minimum absolute atomic E-state index is 0.161. The van der Waals surface area contributed by atoms with E-state index in [-0.39, 0.29) is 28.0 Å². The number of carbonyl (C=O) groups excluding carboxylic acids is 1. The van der Waals surface area contributed by atoms with Crippen LogP contribution in [-0.4, -0.2) is 21.8 Å². The van der Waals surface area contributed by atoms with E-state index in [0.717, 1.165) is 0 Å². The molecule has 0 unspecified atom stereocenters. The Labute approximate surface area is 190 Å². The molecule has 6 nitrogen and oxygen atoms in total. The van der Waals surface area contributed by atoms with Crippen LogP contribution in [0.2, 0.25) is 0 Å². The highest BCUT2D eigenvalue weighted by Crippen LogP contribution is 2.26. The number of H-pyrrole nitrogens is 1. The van der Waals surface area contributed by atoms with E-state index in [0.29, 0.717) is 16.6 Å². The van der Waals surface area contributed by atoms with Gasteiger partial charge in [0.15, 0.2) is 4.77 Å². The number of rotatable bonds is 5. The molecule has 0 radical (unpaired) electrons. The van der Waals surface area contributed by atoms with Gasteiger partial charge in [0.2, 0.25) is 0 Å². The molecule has 0 aliphatic heterocycles. The van der Waals surface area contributed by atoms with Crippen LogP contribution in [-0.2, 0) is 6.54 Å². The lowest BCUT2D eigenvalue weighted by molar-refractivity contribution is -0.274. The average molecular weight is 471 g/mol. The fraction of sp³-hybridized carbons (Fsp3) is 0.0870. The number of benzene rings is 3. The highest BCUT2D eigenvalue weighted by Gasteiger charge is 2.32. The van der Waals surface area contributed by atoms with Crippen molar-refractivity contribution < 1.29 is 22.7 Å². The van der Waals surface area contributed by atoms with Gasteiger partial charge < -0.3 is 15.0 Å². The quantitative estimate of drug-likeness (QED) is 0.407. The normalized spacial score (nSPS) is 11.4. The maximum atomic E-state index is 13.0. The van der Waals surface area contributed by atoms with E-state index >= 15 is 0 Å². The Morgan fingerprint density at radius 1 is 1.03 bits per heavy atom. The second kappa shape index (κ2) is 8.91. The number of carbonyl (C=O) groups is 1. The number of ether oxygens (including phenoxy) is 1. The third-order valence-electron chi connectivity index (χ3n) is 4.81. The molecule has 0 bridgehead atoms. The Bertz CT molecular complexity index is 1450. The summed E-state index contributed by atoms with van der Waals surface area (Å²) in [6.07, 6.45) is -4.84. The van der Waals surface area contributed by atoms with Crippen LogP contribution in [0.3, 0.4) is 0 Å². The summed E-state index contributed by atoms with van der Waals surface area (Å²) in [7, 11) is 0. The first kappa shape index (κ1) is 22.3. The number of amides is 1. The Morgan fingerprint density at radius 3 is 2.45 bits per heavy atom. The van der Waals surface area contributed by atoms with Crippen LogP contribution in [0.1, 0.15) is 15.9 Å². The predicted molar refractivity (Wildman–Crippen MR) is 119 cm³/mol. The lowest BCUT2D eigenvalue weighted by Gasteiger charge is -2.14. The second-order valence-electron chi connectivity index (χ2n) is 7.00. The van der Waals surface area contributed by atoms with Crippen molar-refractivity contribution in [3.05, 3.63) is 99.0 Å². The highest BCUT2D eigenvalue weighted by molar-refractivity contribution is 7.71. The van der Waals surface area contributed by atoms with Crippen molar-refractivity contribution in [2.24, 2.45) is 0 Å². The summed E-state index contributed by atoms with van der Waals surface area (Å²) < 4.78 is 43.3. The standard InChI is InChI=1S/C23H16F3N3O3S/c24-23(25,26)32-19-9-5-4-6-15(19)13-27-20(30)14-10-11-17-18(12-14)28-22(33)29(21(17)31)16-7-2-1-3-8-16/h1-12H,13H2,(H,27,30)(H,28,33). The van der Waals surface area contributed by atoms with Crippen molar-refractivity contribution >= 4 is 29.0 Å². The van der Waals surface area contributed by atoms with Crippen LogP contribution < -0.4 is 15.6 Å². The summed E-state index contributed by atoms with van der Waals surface area (Å²) in [5, 5.41) is 2.89. The molecule has 0 saturated carbocycles. The van der Waals surface area contributed by atoms with Crippen molar-refractivity contribution in [3.63, 3.8) is 0 Å². The van der Waals surface area contributed by atoms with E-state index in [9.17, 15) is 22.8 Å². The van der Waals surface area contributed by atoms with E-state index in [1.807, 2.05) is 6.07 Å². The zero-order chi connectivity index (χ0) is 23.6. The van der Waals surface area contributed by atoms with Crippen LogP contribution >= 0.6 is 12.2 Å². The van der Waals surface area contributed by atoms with E-state index in [2.05, 4.69) is 15.0 Å². The van der Waals surface area contributed by atoms with Crippen LogP contribution in [0, 0.1) is 4.77 Å². The van der Waals surface area contributed by atoms with Gasteiger partial charge in [-0.1, -0.05) is 36.4 Å². The number of nitrogens with zero attached hydrogens (tertiary/aromatic N) is 1. The molecule has 4 aromatic rings. The number of hydrogen-bond acceptors (Lipinski definition) is 4. The number of fused-ring (bicyclic) bond motifs is 1. The predicted octanol–water partition coefficient (Wildman–Crippen LogP) is 4.88. The van der Waals surface area contributed by atoms with Crippen molar-refractivity contribution in [3.8, 4) is 11.4 Å². The third-order valence-corrected chi connectivity index (χ3v) is 5.10. The zero-order valence-corrected chi connectivity index (χ0v) is 17.7. The summed E-state index contributed by atoms with van der Waals surface area (Å²) in [5.74, 6) is -0.931. The molecule has 1 heterocycles.